The van der Waals surface area contributed by atoms with E-state index in [1.165, 1.54) is 0 Å². The zero-order chi connectivity index (χ0) is 18.0. The van der Waals surface area contributed by atoms with E-state index >= 15 is 0 Å². The number of aryl methyl sites for hydroxylation is 2. The van der Waals surface area contributed by atoms with E-state index in [2.05, 4.69) is 4.99 Å². The Bertz CT molecular complexity index is 826. The molecule has 2 aromatic rings. The molecule has 2 aromatic carbocycles. The lowest BCUT2D eigenvalue weighted by Gasteiger charge is -2.19. The highest BCUT2D eigenvalue weighted by molar-refractivity contribution is 6.32. The molecule has 130 valence electrons. The minimum Gasteiger partial charge on any atom is -0.484 e. The molecule has 0 radical (unpaired) electrons. The van der Waals surface area contributed by atoms with E-state index in [1.54, 1.807) is 17.0 Å². The molecule has 0 saturated heterocycles. The maximum Gasteiger partial charge on any atom is 0.266 e. The van der Waals surface area contributed by atoms with Gasteiger partial charge in [-0.25, -0.2) is 0 Å². The Morgan fingerprint density at radius 2 is 1.92 bits per heavy atom. The summed E-state index contributed by atoms with van der Waals surface area (Å²) in [6, 6.07) is 11.0. The number of aliphatic imine (C=N–C) groups is 1. The zero-order valence-corrected chi connectivity index (χ0v) is 15.6. The quantitative estimate of drug-likeness (QED) is 0.798. The maximum absolute atomic E-state index is 12.6. The van der Waals surface area contributed by atoms with E-state index < -0.39 is 0 Å². The van der Waals surface area contributed by atoms with E-state index in [-0.39, 0.29) is 12.5 Å². The van der Waals surface area contributed by atoms with Crippen molar-refractivity contribution < 1.29 is 9.53 Å². The molecule has 1 aliphatic rings. The largest absolute Gasteiger partial charge is 0.484 e. The van der Waals surface area contributed by atoms with Gasteiger partial charge >= 0.3 is 0 Å². The van der Waals surface area contributed by atoms with Crippen LogP contribution < -0.4 is 4.74 Å². The molecule has 1 aliphatic heterocycles. The molecule has 0 spiro atoms. The van der Waals surface area contributed by atoms with Crippen molar-refractivity contribution in [2.45, 2.75) is 13.8 Å². The average Bonchev–Trinajstić information content (AvgIpc) is 3.07. The molecule has 1 heterocycles. The summed E-state index contributed by atoms with van der Waals surface area (Å²) in [6.07, 6.45) is 0. The number of ether oxygens (including phenoxy) is 1. The Morgan fingerprint density at radius 1 is 1.20 bits per heavy atom. The molecule has 0 N–H and O–H groups in total. The van der Waals surface area contributed by atoms with Crippen LogP contribution in [-0.4, -0.2) is 36.3 Å². The molecular weight excluding hydrogens is 359 g/mol. The minimum absolute atomic E-state index is 0.0555. The smallest absolute Gasteiger partial charge is 0.266 e. The Kier molecular flexibility index (Phi) is 5.30. The second-order valence-corrected chi connectivity index (χ2v) is 6.74. The number of hydrogen-bond donors (Lipinski definition) is 0. The van der Waals surface area contributed by atoms with Gasteiger partial charge in [0, 0.05) is 22.2 Å². The Labute approximate surface area is 157 Å². The standard InChI is InChI=1S/C19H18Cl2N2O2/c1-12-8-16(9-13(2)18(12)21)25-11-17(24)23-7-6-22-19(23)14-4-3-5-15(20)10-14/h3-5,8-10H,6-7,11H2,1-2H3. The predicted molar refractivity (Wildman–Crippen MR) is 101 cm³/mol. The number of carbonyl (C=O) groups is 1. The first-order valence-corrected chi connectivity index (χ1v) is 8.71. The minimum atomic E-state index is -0.138. The van der Waals surface area contributed by atoms with Crippen LogP contribution in [0.3, 0.4) is 0 Å². The van der Waals surface area contributed by atoms with E-state index in [9.17, 15) is 4.79 Å². The number of amides is 1. The van der Waals surface area contributed by atoms with Crippen LogP contribution in [0.5, 0.6) is 5.75 Å². The van der Waals surface area contributed by atoms with E-state index in [0.717, 1.165) is 16.7 Å². The summed E-state index contributed by atoms with van der Waals surface area (Å²) < 4.78 is 5.67. The SMILES string of the molecule is Cc1cc(OCC(=O)N2CCN=C2c2cccc(Cl)c2)cc(C)c1Cl. The van der Waals surface area contributed by atoms with Crippen LogP contribution in [0.2, 0.25) is 10.0 Å². The number of rotatable bonds is 4. The number of benzene rings is 2. The van der Waals surface area contributed by atoms with Crippen molar-refractivity contribution in [3.05, 3.63) is 63.1 Å². The van der Waals surface area contributed by atoms with Gasteiger partial charge in [-0.15, -0.1) is 0 Å². The average molecular weight is 377 g/mol. The summed E-state index contributed by atoms with van der Waals surface area (Å²) in [6.45, 7) is 4.89. The molecule has 25 heavy (non-hydrogen) atoms. The summed E-state index contributed by atoms with van der Waals surface area (Å²) in [5, 5.41) is 1.33. The molecule has 0 fully saturated rings. The van der Waals surface area contributed by atoms with Crippen molar-refractivity contribution in [2.75, 3.05) is 19.7 Å². The number of halogens is 2. The summed E-state index contributed by atoms with van der Waals surface area (Å²) in [5.41, 5.74) is 2.68. The van der Waals surface area contributed by atoms with Crippen LogP contribution in [0.15, 0.2) is 41.4 Å². The highest BCUT2D eigenvalue weighted by Crippen LogP contribution is 2.26. The second kappa shape index (κ2) is 7.46. The van der Waals surface area contributed by atoms with Crippen molar-refractivity contribution in [3.63, 3.8) is 0 Å². The fourth-order valence-corrected chi connectivity index (χ4v) is 3.08. The Morgan fingerprint density at radius 3 is 2.60 bits per heavy atom. The molecule has 0 unspecified atom stereocenters. The molecule has 0 atom stereocenters. The van der Waals surface area contributed by atoms with Crippen molar-refractivity contribution in [1.82, 2.24) is 4.90 Å². The van der Waals surface area contributed by atoms with Gasteiger partial charge in [0.15, 0.2) is 6.61 Å². The van der Waals surface area contributed by atoms with Crippen molar-refractivity contribution in [1.29, 1.82) is 0 Å². The lowest BCUT2D eigenvalue weighted by Crippen LogP contribution is -2.38. The highest BCUT2D eigenvalue weighted by atomic mass is 35.5. The first-order valence-electron chi connectivity index (χ1n) is 7.96. The van der Waals surface area contributed by atoms with Gasteiger partial charge in [0.25, 0.3) is 5.91 Å². The lowest BCUT2D eigenvalue weighted by atomic mass is 10.1. The lowest BCUT2D eigenvalue weighted by molar-refractivity contribution is -0.129. The van der Waals surface area contributed by atoms with Crippen LogP contribution in [0, 0.1) is 13.8 Å². The fourth-order valence-electron chi connectivity index (χ4n) is 2.78. The van der Waals surface area contributed by atoms with Crippen LogP contribution in [-0.2, 0) is 4.79 Å². The summed E-state index contributed by atoms with van der Waals surface area (Å²) in [5.74, 6) is 1.13. The molecule has 1 amide bonds. The van der Waals surface area contributed by atoms with Gasteiger partial charge < -0.3 is 4.74 Å². The van der Waals surface area contributed by atoms with Crippen molar-refractivity contribution in [2.24, 2.45) is 4.99 Å². The van der Waals surface area contributed by atoms with Gasteiger partial charge in [0.05, 0.1) is 6.54 Å². The molecule has 4 nitrogen and oxygen atoms in total. The summed E-state index contributed by atoms with van der Waals surface area (Å²) in [7, 11) is 0. The van der Waals surface area contributed by atoms with Gasteiger partial charge in [-0.2, -0.15) is 0 Å². The predicted octanol–water partition coefficient (Wildman–Crippen LogP) is 4.28. The second-order valence-electron chi connectivity index (χ2n) is 5.92. The fraction of sp³-hybridized carbons (Fsp3) is 0.263. The third-order valence-electron chi connectivity index (χ3n) is 4.00. The molecular formula is C19H18Cl2N2O2. The summed E-state index contributed by atoms with van der Waals surface area (Å²) >= 11 is 12.2. The third-order valence-corrected chi connectivity index (χ3v) is 4.83. The first-order chi connectivity index (χ1) is 12.0. The van der Waals surface area contributed by atoms with Crippen molar-refractivity contribution >= 4 is 34.9 Å². The highest BCUT2D eigenvalue weighted by Gasteiger charge is 2.25. The molecule has 3 rings (SSSR count). The molecule has 6 heteroatoms. The van der Waals surface area contributed by atoms with Gasteiger partial charge in [-0.3, -0.25) is 14.7 Å². The van der Waals surface area contributed by atoms with Gasteiger partial charge in [0.1, 0.15) is 11.6 Å². The third kappa shape index (κ3) is 3.97. The van der Waals surface area contributed by atoms with Gasteiger partial charge in [0.2, 0.25) is 0 Å². The van der Waals surface area contributed by atoms with Crippen LogP contribution in [0.1, 0.15) is 16.7 Å². The number of amidine groups is 1. The Balaban J connectivity index is 1.70. The number of carbonyl (C=O) groups excluding carboxylic acids is 1. The molecule has 0 aromatic heterocycles. The normalized spacial score (nSPS) is 13.8. The van der Waals surface area contributed by atoms with Crippen molar-refractivity contribution in [3.8, 4) is 5.75 Å². The maximum atomic E-state index is 12.6. The van der Waals surface area contributed by atoms with E-state index in [0.29, 0.717) is 34.7 Å². The van der Waals surface area contributed by atoms with Gasteiger partial charge in [-0.1, -0.05) is 35.3 Å². The van der Waals surface area contributed by atoms with E-state index in [4.69, 9.17) is 27.9 Å². The number of nitrogens with zero attached hydrogens (tertiary/aromatic N) is 2. The zero-order valence-electron chi connectivity index (χ0n) is 14.1. The number of hydrogen-bond acceptors (Lipinski definition) is 3. The molecule has 0 saturated carbocycles. The van der Waals surface area contributed by atoms with Crippen LogP contribution >= 0.6 is 23.2 Å². The monoisotopic (exact) mass is 376 g/mol. The topological polar surface area (TPSA) is 41.9 Å². The first kappa shape index (κ1) is 17.8. The summed E-state index contributed by atoms with van der Waals surface area (Å²) in [4.78, 5) is 18.7. The molecule has 0 bridgehead atoms. The van der Waals surface area contributed by atoms with Gasteiger partial charge in [-0.05, 0) is 49.2 Å². The Hall–Kier alpha value is -2.04. The van der Waals surface area contributed by atoms with Crippen LogP contribution in [0.4, 0.5) is 0 Å². The molecule has 0 aliphatic carbocycles. The van der Waals surface area contributed by atoms with E-state index in [1.807, 2.05) is 38.1 Å². The van der Waals surface area contributed by atoms with Crippen LogP contribution in [0.25, 0.3) is 0 Å².